The fourth-order valence-electron chi connectivity index (χ4n) is 2.74. The first-order valence-corrected chi connectivity index (χ1v) is 7.85. The van der Waals surface area contributed by atoms with Crippen LogP contribution in [0.15, 0.2) is 18.2 Å². The summed E-state index contributed by atoms with van der Waals surface area (Å²) < 4.78 is 0. The summed E-state index contributed by atoms with van der Waals surface area (Å²) in [4.78, 5) is 17.2. The van der Waals surface area contributed by atoms with Crippen LogP contribution in [-0.2, 0) is 4.79 Å². The molecule has 1 saturated heterocycles. The summed E-state index contributed by atoms with van der Waals surface area (Å²) in [5.74, 6) is 0.0913. The number of hydrogen-bond donors (Lipinski definition) is 1. The lowest BCUT2D eigenvalue weighted by Crippen LogP contribution is -2.52. The van der Waals surface area contributed by atoms with Crippen molar-refractivity contribution in [2.75, 3.05) is 38.0 Å². The molecule has 116 valence electrons. The fourth-order valence-corrected chi connectivity index (χ4v) is 2.74. The Bertz CT molecular complexity index is 493. The molecule has 0 aromatic heterocycles. The van der Waals surface area contributed by atoms with Gasteiger partial charge in [0.15, 0.2) is 0 Å². The first kappa shape index (κ1) is 16.0. The highest BCUT2D eigenvalue weighted by atomic mass is 16.2. The Hall–Kier alpha value is -1.39. The number of anilines is 1. The lowest BCUT2D eigenvalue weighted by Gasteiger charge is -2.37. The van der Waals surface area contributed by atoms with E-state index < -0.39 is 0 Å². The van der Waals surface area contributed by atoms with Gasteiger partial charge in [0.05, 0.1) is 6.04 Å². The average molecular weight is 289 g/mol. The molecule has 2 rings (SSSR count). The van der Waals surface area contributed by atoms with E-state index in [0.717, 1.165) is 44.0 Å². The van der Waals surface area contributed by atoms with Gasteiger partial charge in [-0.15, -0.1) is 0 Å². The predicted molar refractivity (Wildman–Crippen MR) is 87.7 cm³/mol. The molecular formula is C17H27N3O. The summed E-state index contributed by atoms with van der Waals surface area (Å²) in [7, 11) is 0. The molecule has 1 amide bonds. The van der Waals surface area contributed by atoms with E-state index >= 15 is 0 Å². The molecule has 1 atom stereocenters. The maximum absolute atomic E-state index is 12.5. The lowest BCUT2D eigenvalue weighted by molar-refractivity contribution is -0.121. The number of nitrogens with zero attached hydrogens (tertiary/aromatic N) is 2. The second-order valence-electron chi connectivity index (χ2n) is 5.95. The molecule has 0 bridgehead atoms. The standard InChI is InChI=1S/C17H27N3O/c1-5-19-8-10-20(11-9-19)15(4)17(21)18-16-12-13(2)6-7-14(16)3/h6-7,12,15H,5,8-11H2,1-4H3,(H,18,21). The number of amides is 1. The van der Waals surface area contributed by atoms with Crippen LogP contribution < -0.4 is 5.32 Å². The van der Waals surface area contributed by atoms with Crippen molar-refractivity contribution in [3.05, 3.63) is 29.3 Å². The minimum absolute atomic E-state index is 0.0797. The van der Waals surface area contributed by atoms with Gasteiger partial charge in [-0.2, -0.15) is 0 Å². The molecule has 1 aromatic rings. The number of carbonyl (C=O) groups excluding carboxylic acids is 1. The predicted octanol–water partition coefficient (Wildman–Crippen LogP) is 2.27. The Labute approximate surface area is 128 Å². The largest absolute Gasteiger partial charge is 0.324 e. The molecule has 0 radical (unpaired) electrons. The Morgan fingerprint density at radius 3 is 2.52 bits per heavy atom. The van der Waals surface area contributed by atoms with Gasteiger partial charge in [0.2, 0.25) is 5.91 Å². The molecule has 1 N–H and O–H groups in total. The summed E-state index contributed by atoms with van der Waals surface area (Å²) in [5, 5.41) is 3.08. The first-order valence-electron chi connectivity index (χ1n) is 7.85. The zero-order valence-electron chi connectivity index (χ0n) is 13.6. The summed E-state index contributed by atoms with van der Waals surface area (Å²) in [5.41, 5.74) is 3.20. The van der Waals surface area contributed by atoms with Crippen molar-refractivity contribution in [2.24, 2.45) is 0 Å². The summed E-state index contributed by atoms with van der Waals surface area (Å²) in [6.07, 6.45) is 0. The van der Waals surface area contributed by atoms with E-state index in [1.807, 2.05) is 26.8 Å². The third kappa shape index (κ3) is 4.05. The third-order valence-electron chi connectivity index (χ3n) is 4.43. The van der Waals surface area contributed by atoms with Gasteiger partial charge >= 0.3 is 0 Å². The number of likely N-dealkylation sites (N-methyl/N-ethyl adjacent to an activating group) is 1. The zero-order chi connectivity index (χ0) is 15.4. The van der Waals surface area contributed by atoms with E-state index in [9.17, 15) is 4.79 Å². The Morgan fingerprint density at radius 1 is 1.24 bits per heavy atom. The molecule has 0 aliphatic carbocycles. The summed E-state index contributed by atoms with van der Waals surface area (Å²) >= 11 is 0. The monoisotopic (exact) mass is 289 g/mol. The SMILES string of the molecule is CCN1CCN(C(C)C(=O)Nc2cc(C)ccc2C)CC1. The molecular weight excluding hydrogens is 262 g/mol. The van der Waals surface area contributed by atoms with Gasteiger partial charge in [0.25, 0.3) is 0 Å². The molecule has 21 heavy (non-hydrogen) atoms. The van der Waals surface area contributed by atoms with Crippen molar-refractivity contribution in [2.45, 2.75) is 33.7 Å². The van der Waals surface area contributed by atoms with E-state index in [4.69, 9.17) is 0 Å². The minimum Gasteiger partial charge on any atom is -0.324 e. The number of rotatable bonds is 4. The Morgan fingerprint density at radius 2 is 1.90 bits per heavy atom. The maximum atomic E-state index is 12.5. The van der Waals surface area contributed by atoms with Crippen LogP contribution >= 0.6 is 0 Å². The van der Waals surface area contributed by atoms with Crippen molar-refractivity contribution < 1.29 is 4.79 Å². The molecule has 1 aliphatic rings. The summed E-state index contributed by atoms with van der Waals surface area (Å²) in [6, 6.07) is 6.08. The second kappa shape index (κ2) is 7.05. The van der Waals surface area contributed by atoms with E-state index in [-0.39, 0.29) is 11.9 Å². The van der Waals surface area contributed by atoms with Crippen LogP contribution in [0.25, 0.3) is 0 Å². The van der Waals surface area contributed by atoms with Gasteiger partial charge in [-0.3, -0.25) is 9.69 Å². The van der Waals surface area contributed by atoms with Crippen molar-refractivity contribution in [3.63, 3.8) is 0 Å². The highest BCUT2D eigenvalue weighted by molar-refractivity contribution is 5.95. The van der Waals surface area contributed by atoms with E-state index in [1.165, 1.54) is 5.56 Å². The molecule has 4 heteroatoms. The topological polar surface area (TPSA) is 35.6 Å². The molecule has 0 spiro atoms. The van der Waals surface area contributed by atoms with Gasteiger partial charge in [-0.1, -0.05) is 19.1 Å². The van der Waals surface area contributed by atoms with Crippen LogP contribution in [0.4, 0.5) is 5.69 Å². The number of benzene rings is 1. The van der Waals surface area contributed by atoms with Gasteiger partial charge in [0, 0.05) is 31.9 Å². The number of carbonyl (C=O) groups is 1. The number of piperazine rings is 1. The smallest absolute Gasteiger partial charge is 0.241 e. The van der Waals surface area contributed by atoms with Crippen LogP contribution in [0.2, 0.25) is 0 Å². The van der Waals surface area contributed by atoms with Gasteiger partial charge in [0.1, 0.15) is 0 Å². The van der Waals surface area contributed by atoms with Crippen LogP contribution in [0.1, 0.15) is 25.0 Å². The highest BCUT2D eigenvalue weighted by Gasteiger charge is 2.25. The van der Waals surface area contributed by atoms with Crippen LogP contribution in [-0.4, -0.2) is 54.5 Å². The number of nitrogens with one attached hydrogen (secondary N) is 1. The molecule has 4 nitrogen and oxygen atoms in total. The van der Waals surface area contributed by atoms with E-state index in [0.29, 0.717) is 0 Å². The Kier molecular flexibility index (Phi) is 5.37. The molecule has 1 unspecified atom stereocenters. The quantitative estimate of drug-likeness (QED) is 0.923. The van der Waals surface area contributed by atoms with Crippen LogP contribution in [0.5, 0.6) is 0 Å². The third-order valence-corrected chi connectivity index (χ3v) is 4.43. The maximum Gasteiger partial charge on any atom is 0.241 e. The second-order valence-corrected chi connectivity index (χ2v) is 5.95. The van der Waals surface area contributed by atoms with Crippen LogP contribution in [0, 0.1) is 13.8 Å². The normalized spacial score (nSPS) is 18.5. The number of hydrogen-bond acceptors (Lipinski definition) is 3. The molecule has 1 aliphatic heterocycles. The van der Waals surface area contributed by atoms with Gasteiger partial charge < -0.3 is 10.2 Å². The highest BCUT2D eigenvalue weighted by Crippen LogP contribution is 2.17. The first-order chi connectivity index (χ1) is 10.0. The molecule has 1 fully saturated rings. The van der Waals surface area contributed by atoms with Crippen LogP contribution in [0.3, 0.4) is 0 Å². The van der Waals surface area contributed by atoms with Crippen molar-refractivity contribution in [1.29, 1.82) is 0 Å². The van der Waals surface area contributed by atoms with Crippen molar-refractivity contribution >= 4 is 11.6 Å². The average Bonchev–Trinajstić information content (AvgIpc) is 2.50. The lowest BCUT2D eigenvalue weighted by atomic mass is 10.1. The van der Waals surface area contributed by atoms with E-state index in [1.54, 1.807) is 0 Å². The fraction of sp³-hybridized carbons (Fsp3) is 0.588. The minimum atomic E-state index is -0.0797. The summed E-state index contributed by atoms with van der Waals surface area (Å²) in [6.45, 7) is 13.4. The van der Waals surface area contributed by atoms with Gasteiger partial charge in [-0.05, 0) is 44.5 Å². The molecule has 1 aromatic carbocycles. The van der Waals surface area contributed by atoms with Crippen molar-refractivity contribution in [3.8, 4) is 0 Å². The zero-order valence-corrected chi connectivity index (χ0v) is 13.6. The molecule has 1 heterocycles. The molecule has 0 saturated carbocycles. The Balaban J connectivity index is 1.95. The van der Waals surface area contributed by atoms with Crippen molar-refractivity contribution in [1.82, 2.24) is 9.80 Å². The van der Waals surface area contributed by atoms with Gasteiger partial charge in [-0.25, -0.2) is 0 Å². The number of aryl methyl sites for hydroxylation is 2. The van der Waals surface area contributed by atoms with E-state index in [2.05, 4.69) is 34.2 Å².